The first-order valence-corrected chi connectivity index (χ1v) is 5.68. The first-order chi connectivity index (χ1) is 9.43. The molecule has 10 heteroatoms. The van der Waals surface area contributed by atoms with Gasteiger partial charge in [-0.2, -0.15) is 26.3 Å². The maximum absolute atomic E-state index is 12.3. The monoisotopic (exact) mass is 330 g/mol. The first kappa shape index (κ1) is 17.2. The number of benzene rings is 1. The first-order valence-electron chi connectivity index (χ1n) is 5.27. The molecule has 0 aromatic heterocycles. The summed E-state index contributed by atoms with van der Waals surface area (Å²) in [6.45, 7) is 0. The number of nitrogens with two attached hydrogens (primary N) is 1. The average Bonchev–Trinajstić information content (AvgIpc) is 2.25. The Balaban J connectivity index is 2.95. The molecule has 1 amide bonds. The number of carbonyl (C=O) groups is 1. The summed E-state index contributed by atoms with van der Waals surface area (Å²) in [4.78, 5) is 11.2. The highest BCUT2D eigenvalue weighted by atomic mass is 32.1. The van der Waals surface area contributed by atoms with Crippen molar-refractivity contribution in [1.29, 1.82) is 0 Å². The second-order valence-electron chi connectivity index (χ2n) is 3.95. The molecule has 0 bridgehead atoms. The molecule has 0 atom stereocenters. The second-order valence-corrected chi connectivity index (χ2v) is 4.39. The number of carbonyl (C=O) groups excluding carboxylic acids is 1. The van der Waals surface area contributed by atoms with Gasteiger partial charge >= 0.3 is 12.4 Å². The molecule has 0 heterocycles. The fourth-order valence-corrected chi connectivity index (χ4v) is 1.55. The van der Waals surface area contributed by atoms with Crippen molar-refractivity contribution in [3.05, 3.63) is 29.8 Å². The van der Waals surface area contributed by atoms with E-state index in [-0.39, 0.29) is 10.7 Å². The van der Waals surface area contributed by atoms with Crippen LogP contribution in [0.5, 0.6) is 0 Å². The number of nitrogens with one attached hydrogen (secondary N) is 1. The lowest BCUT2D eigenvalue weighted by molar-refractivity contribution is -0.272. The SMILES string of the molecule is NC(=S)c1ccc(NC(=O)C(C(F)(F)F)C(F)(F)F)cc1. The molecule has 0 saturated heterocycles. The number of amides is 1. The van der Waals surface area contributed by atoms with Crippen molar-refractivity contribution < 1.29 is 31.1 Å². The number of anilines is 1. The molecule has 0 unspecified atom stereocenters. The van der Waals surface area contributed by atoms with E-state index in [1.54, 1.807) is 5.32 Å². The number of thiocarbonyl (C=S) groups is 1. The number of alkyl halides is 6. The maximum atomic E-state index is 12.3. The number of halogens is 6. The molecule has 21 heavy (non-hydrogen) atoms. The van der Waals surface area contributed by atoms with Gasteiger partial charge in [0.15, 0.2) is 0 Å². The molecule has 0 fully saturated rings. The summed E-state index contributed by atoms with van der Waals surface area (Å²) >= 11 is 4.63. The fraction of sp³-hybridized carbons (Fsp3) is 0.273. The predicted octanol–water partition coefficient (Wildman–Crippen LogP) is 3.00. The van der Waals surface area contributed by atoms with Crippen molar-refractivity contribution in [3.8, 4) is 0 Å². The van der Waals surface area contributed by atoms with Crippen LogP contribution >= 0.6 is 12.2 Å². The molecule has 0 aliphatic heterocycles. The van der Waals surface area contributed by atoms with Crippen molar-refractivity contribution >= 4 is 28.8 Å². The molecule has 3 nitrogen and oxygen atoms in total. The largest absolute Gasteiger partial charge is 0.409 e. The minimum Gasteiger partial charge on any atom is -0.389 e. The Morgan fingerprint density at radius 2 is 1.48 bits per heavy atom. The zero-order valence-corrected chi connectivity index (χ0v) is 10.9. The summed E-state index contributed by atoms with van der Waals surface area (Å²) in [5.74, 6) is -6.31. The van der Waals surface area contributed by atoms with Gasteiger partial charge in [0.05, 0.1) is 0 Å². The highest BCUT2D eigenvalue weighted by Gasteiger charge is 2.61. The van der Waals surface area contributed by atoms with E-state index in [1.807, 2.05) is 0 Å². The van der Waals surface area contributed by atoms with Crippen LogP contribution in [0.25, 0.3) is 0 Å². The van der Waals surface area contributed by atoms with Crippen LogP contribution in [-0.2, 0) is 4.79 Å². The van der Waals surface area contributed by atoms with Crippen LogP contribution in [0.3, 0.4) is 0 Å². The number of hydrogen-bond donors (Lipinski definition) is 2. The van der Waals surface area contributed by atoms with Crippen LogP contribution < -0.4 is 11.1 Å². The second kappa shape index (κ2) is 5.88. The molecular weight excluding hydrogens is 322 g/mol. The van der Waals surface area contributed by atoms with E-state index < -0.39 is 24.2 Å². The third-order valence-electron chi connectivity index (χ3n) is 2.35. The van der Waals surface area contributed by atoms with Crippen LogP contribution in [0.4, 0.5) is 32.0 Å². The van der Waals surface area contributed by atoms with Crippen molar-refractivity contribution in [3.63, 3.8) is 0 Å². The summed E-state index contributed by atoms with van der Waals surface area (Å²) in [6.07, 6.45) is -11.5. The van der Waals surface area contributed by atoms with E-state index in [0.717, 1.165) is 12.1 Å². The van der Waals surface area contributed by atoms with Crippen molar-refractivity contribution in [1.82, 2.24) is 0 Å². The van der Waals surface area contributed by atoms with Gasteiger partial charge < -0.3 is 11.1 Å². The molecule has 0 spiro atoms. The van der Waals surface area contributed by atoms with E-state index in [9.17, 15) is 31.1 Å². The van der Waals surface area contributed by atoms with Gasteiger partial charge in [0.25, 0.3) is 0 Å². The van der Waals surface area contributed by atoms with E-state index >= 15 is 0 Å². The fourth-order valence-electron chi connectivity index (χ4n) is 1.42. The Morgan fingerprint density at radius 3 is 1.81 bits per heavy atom. The van der Waals surface area contributed by atoms with Crippen molar-refractivity contribution in [2.45, 2.75) is 12.4 Å². The van der Waals surface area contributed by atoms with Gasteiger partial charge in [0, 0.05) is 11.3 Å². The maximum Gasteiger partial charge on any atom is 0.409 e. The van der Waals surface area contributed by atoms with Crippen LogP contribution in [-0.4, -0.2) is 23.2 Å². The molecule has 0 aliphatic rings. The Bertz CT molecular complexity index is 523. The van der Waals surface area contributed by atoms with E-state index in [0.29, 0.717) is 5.56 Å². The number of rotatable bonds is 3. The van der Waals surface area contributed by atoms with E-state index in [1.165, 1.54) is 12.1 Å². The molecule has 0 radical (unpaired) electrons. The normalized spacial score (nSPS) is 12.3. The highest BCUT2D eigenvalue weighted by molar-refractivity contribution is 7.80. The van der Waals surface area contributed by atoms with Gasteiger partial charge in [-0.05, 0) is 24.3 Å². The van der Waals surface area contributed by atoms with E-state index in [4.69, 9.17) is 5.73 Å². The third-order valence-corrected chi connectivity index (χ3v) is 2.59. The van der Waals surface area contributed by atoms with Crippen LogP contribution in [0.1, 0.15) is 5.56 Å². The molecule has 1 aromatic rings. The summed E-state index contributed by atoms with van der Waals surface area (Å²) in [6, 6.07) is 4.70. The topological polar surface area (TPSA) is 55.1 Å². The van der Waals surface area contributed by atoms with E-state index in [2.05, 4.69) is 12.2 Å². The van der Waals surface area contributed by atoms with Gasteiger partial charge in [-0.15, -0.1) is 0 Å². The van der Waals surface area contributed by atoms with Crippen LogP contribution in [0, 0.1) is 5.92 Å². The molecule has 3 N–H and O–H groups in total. The van der Waals surface area contributed by atoms with Gasteiger partial charge in [-0.1, -0.05) is 12.2 Å². The van der Waals surface area contributed by atoms with Gasteiger partial charge in [-0.25, -0.2) is 0 Å². The summed E-state index contributed by atoms with van der Waals surface area (Å²) in [7, 11) is 0. The Labute approximate surface area is 120 Å². The smallest absolute Gasteiger partial charge is 0.389 e. The van der Waals surface area contributed by atoms with Gasteiger partial charge in [0.2, 0.25) is 11.8 Å². The summed E-state index contributed by atoms with van der Waals surface area (Å²) in [5.41, 5.74) is 5.39. The molecule has 116 valence electrons. The van der Waals surface area contributed by atoms with Gasteiger partial charge in [-0.3, -0.25) is 4.79 Å². The lowest BCUT2D eigenvalue weighted by Gasteiger charge is -2.22. The lowest BCUT2D eigenvalue weighted by Crippen LogP contribution is -2.45. The molecule has 0 aliphatic carbocycles. The standard InChI is InChI=1S/C11H8F6N2OS/c12-10(13,14)7(11(15,16)17)9(20)19-6-3-1-5(2-4-6)8(18)21/h1-4,7H,(H2,18,21)(H,19,20). The average molecular weight is 330 g/mol. The highest BCUT2D eigenvalue weighted by Crippen LogP contribution is 2.39. The molecule has 0 saturated carbocycles. The van der Waals surface area contributed by atoms with Crippen molar-refractivity contribution in [2.24, 2.45) is 11.7 Å². The minimum atomic E-state index is -5.74. The molecular formula is C11H8F6N2OS. The molecule has 1 aromatic carbocycles. The zero-order valence-electron chi connectivity index (χ0n) is 10.0. The Morgan fingerprint density at radius 1 is 1.05 bits per heavy atom. The summed E-state index contributed by atoms with van der Waals surface area (Å²) < 4.78 is 73.9. The molecule has 1 rings (SSSR count). The quantitative estimate of drug-likeness (QED) is 0.662. The summed E-state index contributed by atoms with van der Waals surface area (Å²) in [5, 5.41) is 1.56. The Kier molecular flexibility index (Phi) is 4.82. The van der Waals surface area contributed by atoms with Crippen LogP contribution in [0.15, 0.2) is 24.3 Å². The third kappa shape index (κ3) is 4.59. The number of hydrogen-bond acceptors (Lipinski definition) is 2. The Hall–Kier alpha value is -1.84. The predicted molar refractivity (Wildman–Crippen MR) is 66.6 cm³/mol. The van der Waals surface area contributed by atoms with Crippen molar-refractivity contribution in [2.75, 3.05) is 5.32 Å². The van der Waals surface area contributed by atoms with Gasteiger partial charge in [0.1, 0.15) is 4.99 Å². The zero-order chi connectivity index (χ0) is 16.4. The minimum absolute atomic E-state index is 0.00339. The lowest BCUT2D eigenvalue weighted by atomic mass is 10.1. The van der Waals surface area contributed by atoms with Crippen LogP contribution in [0.2, 0.25) is 0 Å².